The van der Waals surface area contributed by atoms with Crippen molar-refractivity contribution in [3.8, 4) is 0 Å². The molecule has 76 valence electrons. The lowest BCUT2D eigenvalue weighted by molar-refractivity contribution is -0.0517. The zero-order valence-electron chi connectivity index (χ0n) is 7.39. The lowest BCUT2D eigenvalue weighted by Crippen LogP contribution is -2.41. The molecule has 0 amide bonds. The highest BCUT2D eigenvalue weighted by Gasteiger charge is 2.28. The van der Waals surface area contributed by atoms with Gasteiger partial charge in [-0.2, -0.15) is 0 Å². The highest BCUT2D eigenvalue weighted by Crippen LogP contribution is 2.17. The van der Waals surface area contributed by atoms with Crippen LogP contribution in [0.3, 0.4) is 0 Å². The molecule has 1 unspecified atom stereocenters. The van der Waals surface area contributed by atoms with Crippen molar-refractivity contribution in [2.45, 2.75) is 24.7 Å². The number of hydrogen-bond donors (Lipinski definition) is 1. The molecule has 1 N–H and O–H groups in total. The predicted octanol–water partition coefficient (Wildman–Crippen LogP) is 1.13. The van der Waals surface area contributed by atoms with Crippen molar-refractivity contribution >= 4 is 0 Å². The molecule has 0 radical (unpaired) electrons. The van der Waals surface area contributed by atoms with Crippen molar-refractivity contribution in [1.82, 2.24) is 0 Å². The van der Waals surface area contributed by atoms with Crippen LogP contribution in [0, 0.1) is 0 Å². The summed E-state index contributed by atoms with van der Waals surface area (Å²) in [7, 11) is 0. The van der Waals surface area contributed by atoms with E-state index in [1.54, 1.807) is 0 Å². The third kappa shape index (κ3) is 2.79. The first-order chi connectivity index (χ1) is 6.77. The van der Waals surface area contributed by atoms with Crippen molar-refractivity contribution in [2.24, 2.45) is 10.2 Å². The van der Waals surface area contributed by atoms with Crippen molar-refractivity contribution in [2.75, 3.05) is 13.2 Å². The maximum absolute atomic E-state index is 9.49. The Hall–Kier alpha value is -1.46. The molecule has 0 aromatic rings. The van der Waals surface area contributed by atoms with Gasteiger partial charge in [0.05, 0.1) is 31.4 Å². The molecule has 0 bridgehead atoms. The SMILES string of the molecule is [N-]=[N+]=NC[C@H]1C[C@H](O)C(N=[N+]=[N-])CO1. The van der Waals surface area contributed by atoms with E-state index in [0.29, 0.717) is 6.42 Å². The van der Waals surface area contributed by atoms with E-state index in [4.69, 9.17) is 15.8 Å². The fourth-order valence-corrected chi connectivity index (χ4v) is 1.27. The molecule has 0 aromatic carbocycles. The van der Waals surface area contributed by atoms with Crippen LogP contribution in [0.5, 0.6) is 0 Å². The maximum Gasteiger partial charge on any atom is 0.0868 e. The van der Waals surface area contributed by atoms with Gasteiger partial charge in [-0.3, -0.25) is 0 Å². The van der Waals surface area contributed by atoms with Crippen LogP contribution in [-0.2, 0) is 4.74 Å². The standard InChI is InChI=1S/C6H10N6O2/c7-11-9-2-4-1-6(13)5(3-14-4)10-12-8/h4-6,13H,1-3H2/t4-,5?,6+/m1/s1. The molecule has 1 aliphatic heterocycles. The van der Waals surface area contributed by atoms with E-state index < -0.39 is 12.1 Å². The van der Waals surface area contributed by atoms with Crippen LogP contribution in [0.2, 0.25) is 0 Å². The van der Waals surface area contributed by atoms with Crippen LogP contribution in [0.1, 0.15) is 6.42 Å². The largest absolute Gasteiger partial charge is 0.393 e. The monoisotopic (exact) mass is 198 g/mol. The van der Waals surface area contributed by atoms with E-state index in [9.17, 15) is 5.11 Å². The Balaban J connectivity index is 2.45. The summed E-state index contributed by atoms with van der Waals surface area (Å²) < 4.78 is 5.23. The van der Waals surface area contributed by atoms with Gasteiger partial charge in [0.2, 0.25) is 0 Å². The number of rotatable bonds is 3. The van der Waals surface area contributed by atoms with E-state index in [1.807, 2.05) is 0 Å². The third-order valence-electron chi connectivity index (χ3n) is 2.00. The zero-order valence-corrected chi connectivity index (χ0v) is 7.39. The molecule has 1 aliphatic rings. The summed E-state index contributed by atoms with van der Waals surface area (Å²) >= 11 is 0. The topological polar surface area (TPSA) is 127 Å². The molecule has 1 saturated heterocycles. The van der Waals surface area contributed by atoms with Gasteiger partial charge in [-0.15, -0.1) is 0 Å². The van der Waals surface area contributed by atoms with Crippen LogP contribution in [0.4, 0.5) is 0 Å². The van der Waals surface area contributed by atoms with Gasteiger partial charge in [0.25, 0.3) is 0 Å². The van der Waals surface area contributed by atoms with Crippen molar-refractivity contribution < 1.29 is 9.84 Å². The van der Waals surface area contributed by atoms with Gasteiger partial charge in [0.1, 0.15) is 0 Å². The molecule has 8 heteroatoms. The van der Waals surface area contributed by atoms with Crippen molar-refractivity contribution in [3.63, 3.8) is 0 Å². The molecular weight excluding hydrogens is 188 g/mol. The lowest BCUT2D eigenvalue weighted by Gasteiger charge is -2.29. The van der Waals surface area contributed by atoms with Gasteiger partial charge in [-0.25, -0.2) is 0 Å². The summed E-state index contributed by atoms with van der Waals surface area (Å²) in [6.07, 6.45) is -0.688. The first kappa shape index (κ1) is 10.6. The van der Waals surface area contributed by atoms with Crippen LogP contribution in [-0.4, -0.2) is 36.5 Å². The van der Waals surface area contributed by atoms with Crippen LogP contribution in [0.15, 0.2) is 10.2 Å². The van der Waals surface area contributed by atoms with Gasteiger partial charge >= 0.3 is 0 Å². The predicted molar refractivity (Wildman–Crippen MR) is 47.3 cm³/mol. The highest BCUT2D eigenvalue weighted by atomic mass is 16.5. The molecule has 0 spiro atoms. The van der Waals surface area contributed by atoms with Gasteiger partial charge in [-0.1, -0.05) is 10.2 Å². The Morgan fingerprint density at radius 2 is 2.21 bits per heavy atom. The number of aliphatic hydroxyl groups is 1. The van der Waals surface area contributed by atoms with Crippen LogP contribution >= 0.6 is 0 Å². The number of hydrogen-bond acceptors (Lipinski definition) is 4. The van der Waals surface area contributed by atoms with Gasteiger partial charge < -0.3 is 9.84 Å². The summed E-state index contributed by atoms with van der Waals surface area (Å²) in [5, 5.41) is 16.2. The van der Waals surface area contributed by atoms with Crippen LogP contribution in [0.25, 0.3) is 20.9 Å². The Kier molecular flexibility index (Phi) is 4.03. The lowest BCUT2D eigenvalue weighted by atomic mass is 10.0. The van der Waals surface area contributed by atoms with E-state index in [0.717, 1.165) is 0 Å². The average Bonchev–Trinajstić information content (AvgIpc) is 2.19. The molecule has 8 nitrogen and oxygen atoms in total. The number of nitrogens with zero attached hydrogens (tertiary/aromatic N) is 6. The summed E-state index contributed by atoms with van der Waals surface area (Å²) in [5.41, 5.74) is 16.2. The minimum atomic E-state index is -0.724. The van der Waals surface area contributed by atoms with E-state index in [-0.39, 0.29) is 19.3 Å². The number of ether oxygens (including phenoxy) is 1. The van der Waals surface area contributed by atoms with Gasteiger partial charge in [0, 0.05) is 16.2 Å². The van der Waals surface area contributed by atoms with Crippen molar-refractivity contribution in [1.29, 1.82) is 0 Å². The summed E-state index contributed by atoms with van der Waals surface area (Å²) in [5.74, 6) is 0. The van der Waals surface area contributed by atoms with E-state index in [2.05, 4.69) is 20.1 Å². The van der Waals surface area contributed by atoms with Crippen molar-refractivity contribution in [3.05, 3.63) is 20.9 Å². The molecule has 1 rings (SSSR count). The molecule has 0 saturated carbocycles. The normalized spacial score (nSPS) is 31.4. The quantitative estimate of drug-likeness (QED) is 0.414. The maximum atomic E-state index is 9.49. The molecular formula is C6H10N6O2. The van der Waals surface area contributed by atoms with Gasteiger partial charge in [-0.05, 0) is 11.1 Å². The van der Waals surface area contributed by atoms with Crippen LogP contribution < -0.4 is 0 Å². The fourth-order valence-electron chi connectivity index (χ4n) is 1.27. The minimum absolute atomic E-state index is 0.164. The van der Waals surface area contributed by atoms with E-state index >= 15 is 0 Å². The molecule has 3 atom stereocenters. The first-order valence-corrected chi connectivity index (χ1v) is 4.12. The smallest absolute Gasteiger partial charge is 0.0868 e. The third-order valence-corrected chi connectivity index (χ3v) is 2.00. The zero-order chi connectivity index (χ0) is 10.4. The Bertz CT molecular complexity index is 282. The molecule has 0 aromatic heterocycles. The second-order valence-corrected chi connectivity index (χ2v) is 2.94. The molecule has 1 heterocycles. The van der Waals surface area contributed by atoms with E-state index in [1.165, 1.54) is 0 Å². The Morgan fingerprint density at radius 3 is 2.79 bits per heavy atom. The summed E-state index contributed by atoms with van der Waals surface area (Å²) in [6, 6.07) is -0.540. The Labute approximate surface area is 79.7 Å². The summed E-state index contributed by atoms with van der Waals surface area (Å²) in [4.78, 5) is 5.19. The molecule has 0 aliphatic carbocycles. The van der Waals surface area contributed by atoms with Gasteiger partial charge in [0.15, 0.2) is 0 Å². The Morgan fingerprint density at radius 1 is 1.43 bits per heavy atom. The first-order valence-electron chi connectivity index (χ1n) is 4.12. The second-order valence-electron chi connectivity index (χ2n) is 2.94. The minimum Gasteiger partial charge on any atom is -0.393 e. The number of aliphatic hydroxyl groups excluding tert-OH is 1. The highest BCUT2D eigenvalue weighted by molar-refractivity contribution is 4.84. The second kappa shape index (κ2) is 5.31. The fraction of sp³-hybridized carbons (Fsp3) is 1.00. The average molecular weight is 198 g/mol. The summed E-state index contributed by atoms with van der Waals surface area (Å²) in [6.45, 7) is 0.355. The molecule has 1 fully saturated rings. The molecule has 14 heavy (non-hydrogen) atoms. The number of azide groups is 2.